The number of nitrogens with zero attached hydrogens (tertiary/aromatic N) is 1. The molecule has 1 saturated heterocycles. The number of benzene rings is 2. The van der Waals surface area contributed by atoms with Gasteiger partial charge in [-0.15, -0.1) is 0 Å². The minimum Gasteiger partial charge on any atom is -0.357 e. The highest BCUT2D eigenvalue weighted by molar-refractivity contribution is 7.80. The van der Waals surface area contributed by atoms with E-state index in [1.165, 1.54) is 18.4 Å². The van der Waals surface area contributed by atoms with E-state index in [0.717, 1.165) is 55.0 Å². The lowest BCUT2D eigenvalue weighted by atomic mass is 9.89. The summed E-state index contributed by atoms with van der Waals surface area (Å²) >= 11 is 12.0. The summed E-state index contributed by atoms with van der Waals surface area (Å²) in [6, 6.07) is 16.0. The molecule has 4 rings (SSSR count). The van der Waals surface area contributed by atoms with Gasteiger partial charge in [0.15, 0.2) is 5.11 Å². The molecule has 1 aliphatic heterocycles. The maximum absolute atomic E-state index is 11.9. The fraction of sp³-hybridized carbons (Fsp3) is 0.417. The van der Waals surface area contributed by atoms with E-state index < -0.39 is 0 Å². The Morgan fingerprint density at radius 3 is 2.47 bits per heavy atom. The molecule has 2 aliphatic rings. The number of carbonyl (C=O) groups is 1. The van der Waals surface area contributed by atoms with Crippen LogP contribution in [0.15, 0.2) is 48.5 Å². The van der Waals surface area contributed by atoms with Crippen molar-refractivity contribution in [2.75, 3.05) is 16.8 Å². The summed E-state index contributed by atoms with van der Waals surface area (Å²) in [7, 11) is 0. The van der Waals surface area contributed by atoms with Crippen molar-refractivity contribution >= 4 is 46.2 Å². The lowest BCUT2D eigenvalue weighted by molar-refractivity contribution is -0.117. The number of hydrogen-bond donors (Lipinski definition) is 2. The van der Waals surface area contributed by atoms with Gasteiger partial charge >= 0.3 is 0 Å². The van der Waals surface area contributed by atoms with Crippen LogP contribution in [0.4, 0.5) is 11.4 Å². The zero-order valence-corrected chi connectivity index (χ0v) is 18.7. The van der Waals surface area contributed by atoms with Crippen molar-refractivity contribution in [2.45, 2.75) is 56.9 Å². The number of amides is 1. The SMILES string of the molecule is O=C1CCCN1c1ccc(NC(=S)NC2(CCc3ccccc3Cl)CCCC2)cc1. The van der Waals surface area contributed by atoms with E-state index in [1.54, 1.807) is 0 Å². The van der Waals surface area contributed by atoms with Crippen LogP contribution in [0.3, 0.4) is 0 Å². The van der Waals surface area contributed by atoms with Crippen LogP contribution in [-0.2, 0) is 11.2 Å². The number of aryl methyl sites for hydroxylation is 1. The monoisotopic (exact) mass is 441 g/mol. The summed E-state index contributed by atoms with van der Waals surface area (Å²) in [5.74, 6) is 0.203. The Morgan fingerprint density at radius 2 is 1.80 bits per heavy atom. The standard InChI is InChI=1S/C24H28ClN3OS/c25-21-7-2-1-6-18(21)13-16-24(14-3-4-15-24)27-23(30)26-19-9-11-20(12-10-19)28-17-5-8-22(28)29/h1-2,6-7,9-12H,3-5,8,13-17H2,(H2,26,27,30). The van der Waals surface area contributed by atoms with Crippen molar-refractivity contribution < 1.29 is 4.79 Å². The van der Waals surface area contributed by atoms with Crippen molar-refractivity contribution in [2.24, 2.45) is 0 Å². The summed E-state index contributed by atoms with van der Waals surface area (Å²) in [6.45, 7) is 0.805. The molecule has 0 unspecified atom stereocenters. The van der Waals surface area contributed by atoms with Crippen molar-refractivity contribution in [3.63, 3.8) is 0 Å². The highest BCUT2D eigenvalue weighted by Crippen LogP contribution is 2.34. The molecular weight excluding hydrogens is 414 g/mol. The minimum atomic E-state index is 0.0190. The van der Waals surface area contributed by atoms with Crippen LogP contribution >= 0.6 is 23.8 Å². The molecule has 0 atom stereocenters. The van der Waals surface area contributed by atoms with E-state index >= 15 is 0 Å². The zero-order chi connectivity index (χ0) is 21.0. The summed E-state index contributed by atoms with van der Waals surface area (Å²) in [5.41, 5.74) is 3.10. The van der Waals surface area contributed by atoms with E-state index in [0.29, 0.717) is 11.5 Å². The second-order valence-corrected chi connectivity index (χ2v) is 9.17. The Morgan fingerprint density at radius 1 is 1.07 bits per heavy atom. The first-order chi connectivity index (χ1) is 14.5. The lowest BCUT2D eigenvalue weighted by Crippen LogP contribution is -2.48. The largest absolute Gasteiger partial charge is 0.357 e. The fourth-order valence-corrected chi connectivity index (χ4v) is 5.18. The molecule has 1 saturated carbocycles. The van der Waals surface area contributed by atoms with Crippen LogP contribution < -0.4 is 15.5 Å². The molecule has 0 spiro atoms. The molecule has 1 heterocycles. The summed E-state index contributed by atoms with van der Waals surface area (Å²) in [6.07, 6.45) is 8.20. The number of hydrogen-bond acceptors (Lipinski definition) is 2. The second kappa shape index (κ2) is 9.36. The topological polar surface area (TPSA) is 44.4 Å². The molecule has 1 aliphatic carbocycles. The van der Waals surface area contributed by atoms with Gasteiger partial charge < -0.3 is 15.5 Å². The first-order valence-corrected chi connectivity index (χ1v) is 11.6. The number of rotatable bonds is 6. The molecular formula is C24H28ClN3OS. The number of carbonyl (C=O) groups excluding carboxylic acids is 1. The molecule has 1 amide bonds. The third kappa shape index (κ3) is 4.96. The van der Waals surface area contributed by atoms with E-state index in [9.17, 15) is 4.79 Å². The molecule has 30 heavy (non-hydrogen) atoms. The van der Waals surface area contributed by atoms with Crippen LogP contribution in [0, 0.1) is 0 Å². The van der Waals surface area contributed by atoms with Crippen molar-refractivity contribution in [3.05, 3.63) is 59.1 Å². The fourth-order valence-electron chi connectivity index (χ4n) is 4.61. The molecule has 0 aromatic heterocycles. The van der Waals surface area contributed by atoms with Gasteiger partial charge in [0.2, 0.25) is 5.91 Å². The van der Waals surface area contributed by atoms with Crippen LogP contribution in [0.5, 0.6) is 0 Å². The molecule has 158 valence electrons. The van der Waals surface area contributed by atoms with Crippen LogP contribution in [-0.4, -0.2) is 23.1 Å². The van der Waals surface area contributed by atoms with Gasteiger partial charge in [0.1, 0.15) is 0 Å². The van der Waals surface area contributed by atoms with Gasteiger partial charge in [0.25, 0.3) is 0 Å². The van der Waals surface area contributed by atoms with Gasteiger partial charge in [-0.25, -0.2) is 0 Å². The van der Waals surface area contributed by atoms with Crippen LogP contribution in [0.25, 0.3) is 0 Å². The van der Waals surface area contributed by atoms with Gasteiger partial charge in [-0.3, -0.25) is 4.79 Å². The Bertz CT molecular complexity index is 909. The average molecular weight is 442 g/mol. The first kappa shape index (κ1) is 21.1. The summed E-state index contributed by atoms with van der Waals surface area (Å²) in [4.78, 5) is 13.8. The minimum absolute atomic E-state index is 0.0190. The van der Waals surface area contributed by atoms with E-state index in [-0.39, 0.29) is 11.4 Å². The molecule has 4 nitrogen and oxygen atoms in total. The summed E-state index contributed by atoms with van der Waals surface area (Å²) in [5, 5.41) is 8.43. The first-order valence-electron chi connectivity index (χ1n) is 10.8. The molecule has 0 bridgehead atoms. The Hall–Kier alpha value is -2.11. The molecule has 2 fully saturated rings. The quantitative estimate of drug-likeness (QED) is 0.564. The smallest absolute Gasteiger partial charge is 0.227 e. The van der Waals surface area contributed by atoms with Gasteiger partial charge in [0, 0.05) is 34.9 Å². The summed E-state index contributed by atoms with van der Waals surface area (Å²) < 4.78 is 0. The predicted molar refractivity (Wildman–Crippen MR) is 128 cm³/mol. The molecule has 0 radical (unpaired) electrons. The van der Waals surface area contributed by atoms with Crippen LogP contribution in [0.2, 0.25) is 5.02 Å². The number of thiocarbonyl (C=S) groups is 1. The predicted octanol–water partition coefficient (Wildman–Crippen LogP) is 5.70. The number of halogens is 1. The maximum Gasteiger partial charge on any atom is 0.227 e. The highest BCUT2D eigenvalue weighted by atomic mass is 35.5. The van der Waals surface area contributed by atoms with Gasteiger partial charge in [-0.2, -0.15) is 0 Å². The Labute approximate surface area is 189 Å². The van der Waals surface area contributed by atoms with E-state index in [1.807, 2.05) is 47.4 Å². The van der Waals surface area contributed by atoms with Crippen molar-refractivity contribution in [3.8, 4) is 0 Å². The normalized spacial score (nSPS) is 17.9. The van der Waals surface area contributed by atoms with Gasteiger partial charge in [-0.1, -0.05) is 42.6 Å². The number of anilines is 2. The van der Waals surface area contributed by atoms with Crippen molar-refractivity contribution in [1.82, 2.24) is 5.32 Å². The second-order valence-electron chi connectivity index (χ2n) is 8.35. The van der Waals surface area contributed by atoms with E-state index in [4.69, 9.17) is 23.8 Å². The Kier molecular flexibility index (Phi) is 6.59. The highest BCUT2D eigenvalue weighted by Gasteiger charge is 2.34. The van der Waals surface area contributed by atoms with Crippen molar-refractivity contribution in [1.29, 1.82) is 0 Å². The number of nitrogens with one attached hydrogen (secondary N) is 2. The van der Waals surface area contributed by atoms with Gasteiger partial charge in [0.05, 0.1) is 0 Å². The Balaban J connectivity index is 1.36. The molecule has 2 N–H and O–H groups in total. The third-order valence-corrected chi connectivity index (χ3v) is 6.85. The lowest BCUT2D eigenvalue weighted by Gasteiger charge is -2.32. The van der Waals surface area contributed by atoms with Gasteiger partial charge in [-0.05, 0) is 80.2 Å². The van der Waals surface area contributed by atoms with Crippen LogP contribution in [0.1, 0.15) is 50.5 Å². The zero-order valence-electron chi connectivity index (χ0n) is 17.1. The van der Waals surface area contributed by atoms with E-state index in [2.05, 4.69) is 16.7 Å². The molecule has 2 aromatic carbocycles. The third-order valence-electron chi connectivity index (χ3n) is 6.28. The molecule has 6 heteroatoms. The molecule has 2 aromatic rings. The maximum atomic E-state index is 11.9. The average Bonchev–Trinajstić information content (AvgIpc) is 3.37.